The van der Waals surface area contributed by atoms with Crippen molar-refractivity contribution in [2.45, 2.75) is 94.9 Å². The van der Waals surface area contributed by atoms with E-state index >= 15 is 0 Å². The number of carbonyl (C=O) groups is 4. The fourth-order valence-corrected chi connectivity index (χ4v) is 8.36. The Morgan fingerprint density at radius 3 is 2.60 bits per heavy atom. The van der Waals surface area contributed by atoms with Crippen molar-refractivity contribution in [3.63, 3.8) is 0 Å². The zero-order valence-electron chi connectivity index (χ0n) is 30.3. The molecule has 2 aromatic carbocycles. The number of allylic oxidation sites excluding steroid dienone is 1. The van der Waals surface area contributed by atoms with Crippen LogP contribution in [0, 0.1) is 11.8 Å². The van der Waals surface area contributed by atoms with Gasteiger partial charge in [-0.05, 0) is 56.7 Å². The number of unbranched alkanes of at least 4 members (excludes halogenated alkanes) is 3. The zero-order chi connectivity index (χ0) is 37.5. The minimum absolute atomic E-state index is 0.0746. The predicted molar refractivity (Wildman–Crippen MR) is 197 cm³/mol. The van der Waals surface area contributed by atoms with Gasteiger partial charge in [-0.2, -0.15) is 0 Å². The molecule has 53 heavy (non-hydrogen) atoms. The van der Waals surface area contributed by atoms with E-state index in [9.17, 15) is 24.3 Å². The van der Waals surface area contributed by atoms with E-state index in [4.69, 9.17) is 9.47 Å². The molecule has 0 unspecified atom stereocenters. The number of amides is 3. The first kappa shape index (κ1) is 37.9. The predicted octanol–water partition coefficient (Wildman–Crippen LogP) is 4.09. The van der Waals surface area contributed by atoms with Crippen molar-refractivity contribution in [3.8, 4) is 0 Å². The number of benzene rings is 2. The number of para-hydroxylation sites is 1. The van der Waals surface area contributed by atoms with E-state index in [-0.39, 0.29) is 44.0 Å². The Labute approximate surface area is 310 Å². The van der Waals surface area contributed by atoms with E-state index in [1.54, 1.807) is 33.6 Å². The molecule has 1 aromatic heterocycles. The summed E-state index contributed by atoms with van der Waals surface area (Å²) in [5.74, 6) is -3.27. The molecule has 0 aliphatic carbocycles. The van der Waals surface area contributed by atoms with Crippen LogP contribution in [0.3, 0.4) is 0 Å². The number of carbonyl (C=O) groups excluding carboxylic acids is 4. The molecular formula is C40H50N6O7. The molecule has 13 heteroatoms. The van der Waals surface area contributed by atoms with Gasteiger partial charge in [0.25, 0.3) is 0 Å². The van der Waals surface area contributed by atoms with Crippen LogP contribution in [0.2, 0.25) is 0 Å². The number of ether oxygens (including phenoxy) is 2. The summed E-state index contributed by atoms with van der Waals surface area (Å²) in [6.45, 7) is 10.0. The lowest BCUT2D eigenvalue weighted by atomic mass is 9.70. The van der Waals surface area contributed by atoms with Gasteiger partial charge in [-0.3, -0.25) is 19.2 Å². The molecule has 4 heterocycles. The lowest BCUT2D eigenvalue weighted by Crippen LogP contribution is -2.56. The van der Waals surface area contributed by atoms with Crippen molar-refractivity contribution in [3.05, 3.63) is 85.5 Å². The maximum atomic E-state index is 14.9. The second-order valence-corrected chi connectivity index (χ2v) is 14.2. The topological polar surface area (TPSA) is 156 Å². The molecule has 3 saturated heterocycles. The van der Waals surface area contributed by atoms with Gasteiger partial charge < -0.3 is 29.7 Å². The van der Waals surface area contributed by atoms with Gasteiger partial charge in [0.2, 0.25) is 17.7 Å². The van der Waals surface area contributed by atoms with E-state index in [1.807, 2.05) is 54.6 Å². The SMILES string of the molecule is C=CCCC(=O)N[C@@H](C)[C@H](OC(=O)[C@@H]1[C@@H]2CC[C@]3(O2)[C@H](C(=O)N(CC=C)Cn2nnc4ccccc42)N(CCCCCCO)C(=O)[C@@H]13)c1ccccc1. The number of likely N-dealkylation sites (tertiary alicyclic amines) is 1. The molecule has 3 amide bonds. The number of aromatic nitrogens is 3. The Hall–Kier alpha value is -4.88. The molecular weight excluding hydrogens is 676 g/mol. The molecule has 3 aliphatic heterocycles. The lowest BCUT2D eigenvalue weighted by Gasteiger charge is -2.36. The average molecular weight is 727 g/mol. The summed E-state index contributed by atoms with van der Waals surface area (Å²) in [6.07, 6.45) is 6.35. The third-order valence-corrected chi connectivity index (χ3v) is 10.8. The number of hydrogen-bond acceptors (Lipinski definition) is 9. The van der Waals surface area contributed by atoms with Crippen LogP contribution in [-0.4, -0.2) is 97.1 Å². The van der Waals surface area contributed by atoms with Crippen molar-refractivity contribution >= 4 is 34.7 Å². The number of hydrogen-bond donors (Lipinski definition) is 2. The van der Waals surface area contributed by atoms with E-state index in [1.165, 1.54) is 0 Å². The molecule has 13 nitrogen and oxygen atoms in total. The van der Waals surface area contributed by atoms with Crippen molar-refractivity contribution in [2.75, 3.05) is 19.7 Å². The maximum Gasteiger partial charge on any atom is 0.313 e. The van der Waals surface area contributed by atoms with Gasteiger partial charge >= 0.3 is 5.97 Å². The van der Waals surface area contributed by atoms with E-state index in [0.717, 1.165) is 18.4 Å². The van der Waals surface area contributed by atoms with Gasteiger partial charge in [0.15, 0.2) is 0 Å². The second kappa shape index (κ2) is 16.9. The molecule has 2 N–H and O–H groups in total. The van der Waals surface area contributed by atoms with Crippen LogP contribution >= 0.6 is 0 Å². The Bertz CT molecular complexity index is 1800. The zero-order valence-corrected chi connectivity index (χ0v) is 30.3. The Kier molecular flexibility index (Phi) is 12.0. The summed E-state index contributed by atoms with van der Waals surface area (Å²) in [6, 6.07) is 15.1. The summed E-state index contributed by atoms with van der Waals surface area (Å²) in [4.78, 5) is 59.8. The Morgan fingerprint density at radius 1 is 1.09 bits per heavy atom. The van der Waals surface area contributed by atoms with Crippen LogP contribution in [0.4, 0.5) is 0 Å². The monoisotopic (exact) mass is 726 g/mol. The average Bonchev–Trinajstić information content (AvgIpc) is 3.92. The van der Waals surface area contributed by atoms with Crippen LogP contribution in [0.5, 0.6) is 0 Å². The molecule has 1 spiro atoms. The number of rotatable bonds is 19. The molecule has 282 valence electrons. The Morgan fingerprint density at radius 2 is 1.85 bits per heavy atom. The van der Waals surface area contributed by atoms with Crippen molar-refractivity contribution in [1.82, 2.24) is 30.1 Å². The standard InChI is InChI=1S/C40H50N6O7/c1-4-6-20-32(48)41-27(3)35(28-16-10-9-11-17-28)52-39(51)33-31-21-22-40(53-31)34(33)37(49)45(24-14-7-8-15-25-47)36(40)38(50)44(23-5-2)26-46-30-19-13-12-18-29(30)42-43-46/h4-5,9-13,16-19,27,31,33-36,47H,1-2,6-8,14-15,20-26H2,3H3,(H,41,48)/t27-,31-,33+,34+,35-,36-,40+/m0/s1. The molecule has 2 bridgehead atoms. The number of aliphatic hydroxyl groups is 1. The highest BCUT2D eigenvalue weighted by atomic mass is 16.6. The number of nitrogens with one attached hydrogen (secondary N) is 1. The van der Waals surface area contributed by atoms with E-state index in [2.05, 4.69) is 28.8 Å². The number of esters is 1. The van der Waals surface area contributed by atoms with Gasteiger partial charge in [-0.25, -0.2) is 4.68 Å². The summed E-state index contributed by atoms with van der Waals surface area (Å²) in [5.41, 5.74) is 0.918. The number of fused-ring (bicyclic) bond motifs is 2. The molecule has 0 saturated carbocycles. The van der Waals surface area contributed by atoms with Gasteiger partial charge in [-0.15, -0.1) is 18.3 Å². The van der Waals surface area contributed by atoms with E-state index < -0.39 is 47.7 Å². The van der Waals surface area contributed by atoms with Gasteiger partial charge in [0.05, 0.1) is 29.5 Å². The summed E-state index contributed by atoms with van der Waals surface area (Å²) < 4.78 is 14.6. The van der Waals surface area contributed by atoms with Crippen molar-refractivity contribution < 1.29 is 33.8 Å². The van der Waals surface area contributed by atoms with E-state index in [0.29, 0.717) is 49.7 Å². The van der Waals surface area contributed by atoms with Gasteiger partial charge in [0.1, 0.15) is 29.9 Å². The molecule has 0 radical (unpaired) electrons. The minimum Gasteiger partial charge on any atom is -0.455 e. The smallest absolute Gasteiger partial charge is 0.313 e. The van der Waals surface area contributed by atoms with Crippen LogP contribution in [0.15, 0.2) is 79.9 Å². The quantitative estimate of drug-likeness (QED) is 0.106. The first-order chi connectivity index (χ1) is 25.7. The summed E-state index contributed by atoms with van der Waals surface area (Å²) >= 11 is 0. The first-order valence-corrected chi connectivity index (χ1v) is 18.7. The number of aliphatic hydroxyl groups excluding tert-OH is 1. The number of nitrogens with zero attached hydrogens (tertiary/aromatic N) is 5. The molecule has 6 rings (SSSR count). The highest BCUT2D eigenvalue weighted by Gasteiger charge is 2.75. The van der Waals surface area contributed by atoms with Gasteiger partial charge in [-0.1, -0.05) is 72.7 Å². The lowest BCUT2D eigenvalue weighted by molar-refractivity contribution is -0.162. The third kappa shape index (κ3) is 7.63. The minimum atomic E-state index is -1.23. The highest BCUT2D eigenvalue weighted by molar-refractivity contribution is 5.98. The summed E-state index contributed by atoms with van der Waals surface area (Å²) in [7, 11) is 0. The van der Waals surface area contributed by atoms with Crippen LogP contribution in [-0.2, 0) is 35.3 Å². The first-order valence-electron chi connectivity index (χ1n) is 18.7. The van der Waals surface area contributed by atoms with Crippen LogP contribution < -0.4 is 5.32 Å². The highest BCUT2D eigenvalue weighted by Crippen LogP contribution is 2.59. The molecule has 3 aromatic rings. The van der Waals surface area contributed by atoms with Crippen LogP contribution in [0.25, 0.3) is 11.0 Å². The maximum absolute atomic E-state index is 14.9. The molecule has 7 atom stereocenters. The molecule has 3 aliphatic rings. The summed E-state index contributed by atoms with van der Waals surface area (Å²) in [5, 5.41) is 20.8. The normalized spacial score (nSPS) is 24.1. The fraction of sp³-hybridized carbons (Fsp3) is 0.500. The molecule has 3 fully saturated rings. The second-order valence-electron chi connectivity index (χ2n) is 14.2. The largest absolute Gasteiger partial charge is 0.455 e. The van der Waals surface area contributed by atoms with Gasteiger partial charge in [0, 0.05) is 26.1 Å². The third-order valence-electron chi connectivity index (χ3n) is 10.8. The van der Waals surface area contributed by atoms with Crippen molar-refractivity contribution in [2.24, 2.45) is 11.8 Å². The fourth-order valence-electron chi connectivity index (χ4n) is 8.36. The Balaban J connectivity index is 1.29. The van der Waals surface area contributed by atoms with Crippen molar-refractivity contribution in [1.29, 1.82) is 0 Å². The van der Waals surface area contributed by atoms with Crippen LogP contribution in [0.1, 0.15) is 70.0 Å².